The molecule has 0 aliphatic carbocycles. The van der Waals surface area contributed by atoms with Crippen LogP contribution in [0.2, 0.25) is 0 Å². The van der Waals surface area contributed by atoms with Crippen molar-refractivity contribution in [3.63, 3.8) is 0 Å². The molecule has 0 rings (SSSR count). The number of ether oxygens (including phenoxy) is 1. The minimum Gasteiger partial charge on any atom is -0.466 e. The zero-order chi connectivity index (χ0) is 9.99. The Labute approximate surface area is 73.7 Å². The van der Waals surface area contributed by atoms with Crippen LogP contribution in [0.5, 0.6) is 0 Å². The normalized spacial score (nSPS) is 16.8. The topological polar surface area (TPSA) is 26.3 Å². The summed E-state index contributed by atoms with van der Waals surface area (Å²) in [6.45, 7) is 0. The third-order valence-electron chi connectivity index (χ3n) is 0.919. The fourth-order valence-electron chi connectivity index (χ4n) is 0.322. The second-order valence-electron chi connectivity index (χ2n) is 1.66. The van der Waals surface area contributed by atoms with Crippen molar-refractivity contribution in [3.8, 4) is 0 Å². The summed E-state index contributed by atoms with van der Waals surface area (Å²) in [6.07, 6.45) is -5.38. The van der Waals surface area contributed by atoms with Crippen LogP contribution in [-0.2, 0) is 9.53 Å². The van der Waals surface area contributed by atoms with E-state index in [-0.39, 0.29) is 0 Å². The summed E-state index contributed by atoms with van der Waals surface area (Å²) in [5, 5.41) is -4.19. The second-order valence-corrected chi connectivity index (χ2v) is 2.84. The van der Waals surface area contributed by atoms with Gasteiger partial charge in [0.1, 0.15) is 0 Å². The molecule has 0 N–H and O–H groups in total. The quantitative estimate of drug-likeness (QED) is 0.534. The van der Waals surface area contributed by atoms with Crippen LogP contribution in [0.4, 0.5) is 17.6 Å². The van der Waals surface area contributed by atoms with Crippen LogP contribution < -0.4 is 0 Å². The van der Waals surface area contributed by atoms with E-state index in [9.17, 15) is 22.4 Å². The van der Waals surface area contributed by atoms with E-state index in [1.165, 1.54) is 0 Å². The van der Waals surface area contributed by atoms with Gasteiger partial charge in [-0.05, 0) is 10.7 Å². The number of rotatable bonds is 2. The molecule has 0 aliphatic rings. The molecule has 0 aromatic rings. The molecule has 0 heterocycles. The highest BCUT2D eigenvalue weighted by molar-refractivity contribution is 8.22. The predicted octanol–water partition coefficient (Wildman–Crippen LogP) is 2.27. The van der Waals surface area contributed by atoms with Crippen LogP contribution in [0.1, 0.15) is 0 Å². The molecule has 8 heteroatoms. The summed E-state index contributed by atoms with van der Waals surface area (Å²) < 4.78 is 51.5. The van der Waals surface area contributed by atoms with Crippen molar-refractivity contribution in [2.75, 3.05) is 7.11 Å². The van der Waals surface area contributed by atoms with Crippen LogP contribution in [-0.4, -0.2) is 24.3 Å². The standard InChI is InChI=1S/C4H3ClF4O2S/c1-11-2(10)3(6,12-5)4(7,8)9/h1H3. The predicted molar refractivity (Wildman–Crippen MR) is 35.4 cm³/mol. The highest BCUT2D eigenvalue weighted by Gasteiger charge is 2.64. The van der Waals surface area contributed by atoms with Crippen molar-refractivity contribution >= 4 is 27.6 Å². The number of carbonyl (C=O) groups excluding carboxylic acids is 1. The molecule has 0 spiro atoms. The Kier molecular flexibility index (Phi) is 3.64. The first-order valence-electron chi connectivity index (χ1n) is 2.43. The summed E-state index contributed by atoms with van der Waals surface area (Å²) in [6, 6.07) is 0. The van der Waals surface area contributed by atoms with Crippen molar-refractivity contribution < 1.29 is 27.1 Å². The first-order chi connectivity index (χ1) is 5.29. The molecule has 0 radical (unpaired) electrons. The lowest BCUT2D eigenvalue weighted by Gasteiger charge is -2.20. The molecule has 0 aliphatic heterocycles. The molecular weight excluding hydrogens is 224 g/mol. The number of esters is 1. The van der Waals surface area contributed by atoms with Crippen LogP contribution in [0.15, 0.2) is 0 Å². The fraction of sp³-hybridized carbons (Fsp3) is 0.750. The lowest BCUT2D eigenvalue weighted by molar-refractivity contribution is -0.209. The number of hydrogen-bond donors (Lipinski definition) is 0. The monoisotopic (exact) mass is 226 g/mol. The van der Waals surface area contributed by atoms with Gasteiger partial charge in [0.2, 0.25) is 0 Å². The SMILES string of the molecule is COC(=O)C(F)(SCl)C(F)(F)F. The molecule has 2 nitrogen and oxygen atoms in total. The number of methoxy groups -OCH3 is 1. The number of halogens is 5. The Hall–Kier alpha value is -0.170. The minimum absolute atomic E-state index is 0.634. The van der Waals surface area contributed by atoms with Gasteiger partial charge in [-0.3, -0.25) is 0 Å². The van der Waals surface area contributed by atoms with E-state index < -0.39 is 28.1 Å². The van der Waals surface area contributed by atoms with E-state index >= 15 is 0 Å². The first-order valence-corrected chi connectivity index (χ1v) is 4.07. The molecule has 0 fully saturated rings. The molecule has 72 valence electrons. The third kappa shape index (κ3) is 1.95. The summed E-state index contributed by atoms with van der Waals surface area (Å²) in [5.74, 6) is -2.07. The van der Waals surface area contributed by atoms with E-state index in [2.05, 4.69) is 15.4 Å². The average molecular weight is 227 g/mol. The zero-order valence-corrected chi connectivity index (χ0v) is 7.19. The molecule has 12 heavy (non-hydrogen) atoms. The first kappa shape index (κ1) is 11.8. The molecule has 0 bridgehead atoms. The Balaban J connectivity index is 4.80. The maximum absolute atomic E-state index is 12.7. The highest BCUT2D eigenvalue weighted by Crippen LogP contribution is 2.45. The molecule has 0 amide bonds. The van der Waals surface area contributed by atoms with Gasteiger partial charge in [0, 0.05) is 11.0 Å². The number of hydrogen-bond acceptors (Lipinski definition) is 3. The maximum atomic E-state index is 12.7. The van der Waals surface area contributed by atoms with E-state index in [4.69, 9.17) is 0 Å². The van der Waals surface area contributed by atoms with Crippen molar-refractivity contribution in [2.45, 2.75) is 11.2 Å². The van der Waals surface area contributed by atoms with Crippen molar-refractivity contribution in [2.24, 2.45) is 0 Å². The van der Waals surface area contributed by atoms with Crippen molar-refractivity contribution in [3.05, 3.63) is 0 Å². The Morgan fingerprint density at radius 2 is 1.83 bits per heavy atom. The van der Waals surface area contributed by atoms with E-state index in [1.54, 1.807) is 0 Å². The Bertz CT molecular complexity index is 184. The van der Waals surface area contributed by atoms with Gasteiger partial charge in [0.15, 0.2) is 0 Å². The van der Waals surface area contributed by atoms with Gasteiger partial charge in [-0.25, -0.2) is 9.18 Å². The lowest BCUT2D eigenvalue weighted by Crippen LogP contribution is -2.45. The molecular formula is C4H3ClF4O2S. The average Bonchev–Trinajstić information content (AvgIpc) is 1.99. The largest absolute Gasteiger partial charge is 0.466 e. The molecule has 0 aromatic heterocycles. The summed E-state index contributed by atoms with van der Waals surface area (Å²) >= 11 is 0. The molecule has 0 saturated heterocycles. The Morgan fingerprint density at radius 1 is 1.42 bits per heavy atom. The molecule has 1 unspecified atom stereocenters. The van der Waals surface area contributed by atoms with E-state index in [1.807, 2.05) is 0 Å². The van der Waals surface area contributed by atoms with Gasteiger partial charge in [0.05, 0.1) is 7.11 Å². The second kappa shape index (κ2) is 3.69. The van der Waals surface area contributed by atoms with Crippen LogP contribution in [0, 0.1) is 0 Å². The van der Waals surface area contributed by atoms with Gasteiger partial charge in [0.25, 0.3) is 0 Å². The number of carbonyl (C=O) groups is 1. The smallest absolute Gasteiger partial charge is 0.444 e. The summed E-state index contributed by atoms with van der Waals surface area (Å²) in [7, 11) is 4.44. The van der Waals surface area contributed by atoms with Crippen molar-refractivity contribution in [1.29, 1.82) is 0 Å². The van der Waals surface area contributed by atoms with Gasteiger partial charge in [-0.15, -0.1) is 0 Å². The molecule has 1 atom stereocenters. The van der Waals surface area contributed by atoms with E-state index in [0.29, 0.717) is 7.11 Å². The van der Waals surface area contributed by atoms with Gasteiger partial charge >= 0.3 is 17.1 Å². The zero-order valence-electron chi connectivity index (χ0n) is 5.61. The third-order valence-corrected chi connectivity index (χ3v) is 2.17. The van der Waals surface area contributed by atoms with Gasteiger partial charge in [-0.2, -0.15) is 13.2 Å². The number of alkyl halides is 4. The van der Waals surface area contributed by atoms with Gasteiger partial charge in [-0.1, -0.05) is 0 Å². The van der Waals surface area contributed by atoms with Gasteiger partial charge < -0.3 is 4.74 Å². The highest BCUT2D eigenvalue weighted by atomic mass is 35.7. The van der Waals surface area contributed by atoms with Crippen LogP contribution >= 0.6 is 21.7 Å². The van der Waals surface area contributed by atoms with Crippen molar-refractivity contribution in [1.82, 2.24) is 0 Å². The van der Waals surface area contributed by atoms with E-state index in [0.717, 1.165) is 0 Å². The summed E-state index contributed by atoms with van der Waals surface area (Å²) in [4.78, 5) is 10.3. The molecule has 0 saturated carbocycles. The van der Waals surface area contributed by atoms with Crippen LogP contribution in [0.25, 0.3) is 0 Å². The van der Waals surface area contributed by atoms with Crippen LogP contribution in [0.3, 0.4) is 0 Å². The summed E-state index contributed by atoms with van der Waals surface area (Å²) in [5.41, 5.74) is 0. The Morgan fingerprint density at radius 3 is 1.92 bits per heavy atom. The maximum Gasteiger partial charge on any atom is 0.444 e. The fourth-order valence-corrected chi connectivity index (χ4v) is 1.01. The minimum atomic E-state index is -5.38. The lowest BCUT2D eigenvalue weighted by atomic mass is 10.4. The molecule has 0 aromatic carbocycles.